The molecule has 100 valence electrons. The molecule has 2 aliphatic rings. The predicted octanol–water partition coefficient (Wildman–Crippen LogP) is 3.01. The van der Waals surface area contributed by atoms with E-state index >= 15 is 0 Å². The summed E-state index contributed by atoms with van der Waals surface area (Å²) in [6.45, 7) is 6.94. The Hall–Kier alpha value is -0.0800. The number of hydrogen-bond acceptors (Lipinski definition) is 2. The maximum absolute atomic E-state index is 6.02. The Balaban J connectivity index is 2.01. The lowest BCUT2D eigenvalue weighted by atomic mass is 9.92. The van der Waals surface area contributed by atoms with Gasteiger partial charge >= 0.3 is 0 Å². The zero-order valence-corrected chi connectivity index (χ0v) is 11.7. The van der Waals surface area contributed by atoms with E-state index in [0.29, 0.717) is 6.04 Å². The minimum absolute atomic E-state index is 0.688. The Bertz CT molecular complexity index is 223. The van der Waals surface area contributed by atoms with Gasteiger partial charge in [-0.25, -0.2) is 0 Å². The highest BCUT2D eigenvalue weighted by Gasteiger charge is 2.33. The maximum Gasteiger partial charge on any atom is 0.0138 e. The average Bonchev–Trinajstić information content (AvgIpc) is 3.12. The molecule has 2 heteroatoms. The molecule has 0 aromatic rings. The Morgan fingerprint density at radius 2 is 1.76 bits per heavy atom. The lowest BCUT2D eigenvalue weighted by molar-refractivity contribution is 0.0965. The van der Waals surface area contributed by atoms with Crippen molar-refractivity contribution in [1.29, 1.82) is 0 Å². The highest BCUT2D eigenvalue weighted by atomic mass is 15.2. The van der Waals surface area contributed by atoms with Crippen molar-refractivity contribution in [3.05, 3.63) is 0 Å². The van der Waals surface area contributed by atoms with Crippen molar-refractivity contribution >= 4 is 0 Å². The molecule has 2 N–H and O–H groups in total. The molecule has 2 fully saturated rings. The van der Waals surface area contributed by atoms with Gasteiger partial charge in [-0.3, -0.25) is 4.90 Å². The van der Waals surface area contributed by atoms with E-state index in [0.717, 1.165) is 24.4 Å². The zero-order chi connectivity index (χ0) is 12.3. The quantitative estimate of drug-likeness (QED) is 0.746. The van der Waals surface area contributed by atoms with Crippen LogP contribution in [0.3, 0.4) is 0 Å². The molecule has 0 aromatic heterocycles. The van der Waals surface area contributed by atoms with Crippen molar-refractivity contribution in [3.63, 3.8) is 0 Å². The molecular weight excluding hydrogens is 208 g/mol. The van der Waals surface area contributed by atoms with Crippen molar-refractivity contribution in [2.75, 3.05) is 13.1 Å². The number of hydrogen-bond donors (Lipinski definition) is 1. The van der Waals surface area contributed by atoms with Crippen LogP contribution < -0.4 is 5.73 Å². The minimum Gasteiger partial charge on any atom is -0.330 e. The molecule has 2 saturated carbocycles. The van der Waals surface area contributed by atoms with Crippen molar-refractivity contribution in [1.82, 2.24) is 4.90 Å². The molecule has 2 rings (SSSR count). The molecule has 0 spiro atoms. The van der Waals surface area contributed by atoms with Crippen LogP contribution in [0.5, 0.6) is 0 Å². The molecule has 0 aromatic carbocycles. The summed E-state index contributed by atoms with van der Waals surface area (Å²) in [5.41, 5.74) is 6.02. The van der Waals surface area contributed by atoms with E-state index in [2.05, 4.69) is 18.7 Å². The van der Waals surface area contributed by atoms with Gasteiger partial charge in [-0.2, -0.15) is 0 Å². The lowest BCUT2D eigenvalue weighted by Gasteiger charge is -2.39. The first-order valence-corrected chi connectivity index (χ1v) is 7.68. The molecular formula is C15H30N2. The second-order valence-corrected chi connectivity index (χ2v) is 6.44. The first-order chi connectivity index (χ1) is 8.22. The molecule has 2 nitrogen and oxygen atoms in total. The van der Waals surface area contributed by atoms with E-state index in [9.17, 15) is 0 Å². The maximum atomic E-state index is 6.02. The second kappa shape index (κ2) is 6.19. The van der Waals surface area contributed by atoms with Crippen molar-refractivity contribution in [2.45, 2.75) is 70.9 Å². The van der Waals surface area contributed by atoms with Crippen LogP contribution >= 0.6 is 0 Å². The molecule has 2 atom stereocenters. The van der Waals surface area contributed by atoms with Crippen LogP contribution in [0, 0.1) is 11.8 Å². The van der Waals surface area contributed by atoms with Gasteiger partial charge in [0.1, 0.15) is 0 Å². The smallest absolute Gasteiger partial charge is 0.0138 e. The summed E-state index contributed by atoms with van der Waals surface area (Å²) in [7, 11) is 0. The average molecular weight is 238 g/mol. The monoisotopic (exact) mass is 238 g/mol. The van der Waals surface area contributed by atoms with Gasteiger partial charge in [-0.1, -0.05) is 19.3 Å². The zero-order valence-electron chi connectivity index (χ0n) is 11.7. The molecule has 0 saturated heterocycles. The highest BCUT2D eigenvalue weighted by molar-refractivity contribution is 4.88. The van der Waals surface area contributed by atoms with Gasteiger partial charge in [-0.05, 0) is 57.9 Å². The van der Waals surface area contributed by atoms with E-state index in [1.54, 1.807) is 0 Å². The fraction of sp³-hybridized carbons (Fsp3) is 1.00. The summed E-state index contributed by atoms with van der Waals surface area (Å²) in [6, 6.07) is 1.45. The molecule has 2 unspecified atom stereocenters. The SMILES string of the molecule is CC(C)N(CC1CC1)C1CCCCCC1CN. The van der Waals surface area contributed by atoms with Crippen LogP contribution in [0.1, 0.15) is 58.8 Å². The fourth-order valence-electron chi connectivity index (χ4n) is 3.40. The van der Waals surface area contributed by atoms with Gasteiger partial charge in [0.15, 0.2) is 0 Å². The summed E-state index contributed by atoms with van der Waals surface area (Å²) in [6.07, 6.45) is 9.89. The van der Waals surface area contributed by atoms with Gasteiger partial charge in [0.2, 0.25) is 0 Å². The van der Waals surface area contributed by atoms with E-state index < -0.39 is 0 Å². The first-order valence-electron chi connectivity index (χ1n) is 7.68. The number of rotatable bonds is 5. The van der Waals surface area contributed by atoms with Gasteiger partial charge in [0, 0.05) is 18.6 Å². The third-order valence-electron chi connectivity index (χ3n) is 4.68. The first kappa shape index (κ1) is 13.4. The van der Waals surface area contributed by atoms with Crippen molar-refractivity contribution < 1.29 is 0 Å². The van der Waals surface area contributed by atoms with Gasteiger partial charge in [0.05, 0.1) is 0 Å². The Morgan fingerprint density at radius 1 is 1.06 bits per heavy atom. The summed E-state index contributed by atoms with van der Waals surface area (Å²) in [4.78, 5) is 2.78. The summed E-state index contributed by atoms with van der Waals surface area (Å²) < 4.78 is 0. The van der Waals surface area contributed by atoms with Crippen LogP contribution in [0.2, 0.25) is 0 Å². The van der Waals surface area contributed by atoms with Crippen LogP contribution in [0.15, 0.2) is 0 Å². The third kappa shape index (κ3) is 3.69. The predicted molar refractivity (Wildman–Crippen MR) is 74.0 cm³/mol. The van der Waals surface area contributed by atoms with E-state index in [4.69, 9.17) is 5.73 Å². The third-order valence-corrected chi connectivity index (χ3v) is 4.68. The van der Waals surface area contributed by atoms with E-state index in [1.807, 2.05) is 0 Å². The summed E-state index contributed by atoms with van der Waals surface area (Å²) >= 11 is 0. The van der Waals surface area contributed by atoms with Crippen LogP contribution in [0.4, 0.5) is 0 Å². The van der Waals surface area contributed by atoms with Crippen LogP contribution in [0.25, 0.3) is 0 Å². The summed E-state index contributed by atoms with van der Waals surface area (Å²) in [5.74, 6) is 1.75. The lowest BCUT2D eigenvalue weighted by Crippen LogP contribution is -2.47. The standard InChI is InChI=1S/C15H30N2/c1-12(2)17(11-13-8-9-13)15-7-5-3-4-6-14(15)10-16/h12-15H,3-11,16H2,1-2H3. The highest BCUT2D eigenvalue weighted by Crippen LogP contribution is 2.34. The van der Waals surface area contributed by atoms with Gasteiger partial charge in [-0.15, -0.1) is 0 Å². The fourth-order valence-corrected chi connectivity index (χ4v) is 3.40. The van der Waals surface area contributed by atoms with Gasteiger partial charge < -0.3 is 5.73 Å². The van der Waals surface area contributed by atoms with Crippen molar-refractivity contribution in [3.8, 4) is 0 Å². The normalized spacial score (nSPS) is 30.9. The Labute approximate surface area is 107 Å². The molecule has 0 heterocycles. The van der Waals surface area contributed by atoms with E-state index in [1.165, 1.54) is 51.5 Å². The minimum atomic E-state index is 0.688. The Morgan fingerprint density at radius 3 is 2.35 bits per heavy atom. The molecule has 17 heavy (non-hydrogen) atoms. The second-order valence-electron chi connectivity index (χ2n) is 6.44. The van der Waals surface area contributed by atoms with Crippen LogP contribution in [-0.2, 0) is 0 Å². The molecule has 2 aliphatic carbocycles. The Kier molecular flexibility index (Phi) is 4.87. The summed E-state index contributed by atoms with van der Waals surface area (Å²) in [5, 5.41) is 0. The number of nitrogens with two attached hydrogens (primary N) is 1. The molecule has 0 amide bonds. The molecule has 0 aliphatic heterocycles. The number of nitrogens with zero attached hydrogens (tertiary/aromatic N) is 1. The van der Waals surface area contributed by atoms with Gasteiger partial charge in [0.25, 0.3) is 0 Å². The largest absolute Gasteiger partial charge is 0.330 e. The van der Waals surface area contributed by atoms with Crippen LogP contribution in [-0.4, -0.2) is 30.1 Å². The molecule has 0 bridgehead atoms. The van der Waals surface area contributed by atoms with E-state index in [-0.39, 0.29) is 0 Å². The molecule has 0 radical (unpaired) electrons. The van der Waals surface area contributed by atoms with Crippen molar-refractivity contribution in [2.24, 2.45) is 17.6 Å². The topological polar surface area (TPSA) is 29.3 Å².